The summed E-state index contributed by atoms with van der Waals surface area (Å²) in [7, 11) is 4.23. The van der Waals surface area contributed by atoms with Crippen molar-refractivity contribution in [1.29, 1.82) is 0 Å². The van der Waals surface area contributed by atoms with E-state index in [4.69, 9.17) is 14.5 Å². The Morgan fingerprint density at radius 2 is 2.03 bits per heavy atom. The van der Waals surface area contributed by atoms with Crippen LogP contribution in [-0.4, -0.2) is 50.8 Å². The Morgan fingerprint density at radius 1 is 1.23 bits per heavy atom. The Bertz CT molecular complexity index is 1030. The lowest BCUT2D eigenvalue weighted by atomic mass is 10.2. The molecule has 3 aromatic rings. The molecule has 0 aliphatic carbocycles. The van der Waals surface area contributed by atoms with Gasteiger partial charge in [0, 0.05) is 13.0 Å². The van der Waals surface area contributed by atoms with Crippen molar-refractivity contribution >= 4 is 32.6 Å². The normalized spacial score (nSPS) is 15.5. The summed E-state index contributed by atoms with van der Waals surface area (Å²) in [6.45, 7) is 3.92. The molecule has 0 radical (unpaired) electrons. The molecule has 7 heteroatoms. The lowest BCUT2D eigenvalue weighted by Gasteiger charge is -2.29. The number of rotatable bonds is 7. The molecule has 1 atom stereocenters. The molecule has 0 saturated carbocycles. The van der Waals surface area contributed by atoms with Crippen LogP contribution in [0.3, 0.4) is 0 Å². The van der Waals surface area contributed by atoms with Crippen LogP contribution in [0.15, 0.2) is 42.5 Å². The van der Waals surface area contributed by atoms with Gasteiger partial charge in [-0.25, -0.2) is 4.98 Å². The molecule has 158 valence electrons. The molecule has 0 unspecified atom stereocenters. The SMILES string of the molecule is CCc1ccc2nc(N(CCC[NH+](C)C)C(=O)[C@@H]3COc4ccccc4O3)sc2c1. The number of carbonyl (C=O) groups excluding carboxylic acids is 1. The number of benzene rings is 2. The van der Waals surface area contributed by atoms with E-state index in [1.54, 1.807) is 16.2 Å². The third kappa shape index (κ3) is 4.42. The Kier molecular flexibility index (Phi) is 6.20. The molecule has 1 amide bonds. The van der Waals surface area contributed by atoms with Crippen LogP contribution in [0, 0.1) is 0 Å². The maximum atomic E-state index is 13.5. The van der Waals surface area contributed by atoms with Gasteiger partial charge in [0.2, 0.25) is 6.10 Å². The van der Waals surface area contributed by atoms with Crippen molar-refractivity contribution in [2.24, 2.45) is 0 Å². The molecule has 30 heavy (non-hydrogen) atoms. The molecule has 1 N–H and O–H groups in total. The second-order valence-electron chi connectivity index (χ2n) is 7.82. The van der Waals surface area contributed by atoms with Crippen LogP contribution in [0.25, 0.3) is 10.2 Å². The van der Waals surface area contributed by atoms with Gasteiger partial charge in [-0.3, -0.25) is 9.69 Å². The quantitative estimate of drug-likeness (QED) is 0.631. The number of quaternary nitrogens is 1. The second kappa shape index (κ2) is 9.02. The highest BCUT2D eigenvalue weighted by Crippen LogP contribution is 2.34. The molecule has 2 aromatic carbocycles. The number of ether oxygens (including phenoxy) is 2. The van der Waals surface area contributed by atoms with Crippen molar-refractivity contribution in [3.63, 3.8) is 0 Å². The highest BCUT2D eigenvalue weighted by atomic mass is 32.1. The van der Waals surface area contributed by atoms with Crippen molar-refractivity contribution in [2.75, 3.05) is 38.7 Å². The zero-order valence-electron chi connectivity index (χ0n) is 17.7. The van der Waals surface area contributed by atoms with Crippen molar-refractivity contribution in [3.05, 3.63) is 48.0 Å². The molecule has 4 rings (SSSR count). The van der Waals surface area contributed by atoms with Crippen LogP contribution in [0.1, 0.15) is 18.9 Å². The van der Waals surface area contributed by atoms with Gasteiger partial charge < -0.3 is 14.4 Å². The fraction of sp³-hybridized carbons (Fsp3) is 0.391. The summed E-state index contributed by atoms with van der Waals surface area (Å²) in [6, 6.07) is 13.8. The number of carbonyl (C=O) groups is 1. The zero-order chi connectivity index (χ0) is 21.1. The van der Waals surface area contributed by atoms with Gasteiger partial charge in [-0.15, -0.1) is 0 Å². The van der Waals surface area contributed by atoms with Crippen LogP contribution in [0.5, 0.6) is 11.5 Å². The molecule has 6 nitrogen and oxygen atoms in total. The van der Waals surface area contributed by atoms with Gasteiger partial charge >= 0.3 is 0 Å². The van der Waals surface area contributed by atoms with Crippen molar-refractivity contribution in [2.45, 2.75) is 25.9 Å². The van der Waals surface area contributed by atoms with E-state index >= 15 is 0 Å². The van der Waals surface area contributed by atoms with Crippen molar-refractivity contribution < 1.29 is 19.2 Å². The Balaban J connectivity index is 1.60. The average molecular weight is 427 g/mol. The number of hydrogen-bond donors (Lipinski definition) is 1. The number of aromatic nitrogens is 1. The predicted octanol–water partition coefficient (Wildman–Crippen LogP) is 2.57. The van der Waals surface area contributed by atoms with Crippen molar-refractivity contribution in [3.8, 4) is 11.5 Å². The summed E-state index contributed by atoms with van der Waals surface area (Å²) in [4.78, 5) is 21.4. The number of fused-ring (bicyclic) bond motifs is 2. The maximum absolute atomic E-state index is 13.5. The number of amides is 1. The largest absolute Gasteiger partial charge is 0.485 e. The molecule has 0 spiro atoms. The third-order valence-corrected chi connectivity index (χ3v) is 6.23. The van der Waals surface area contributed by atoms with Gasteiger partial charge in [0.15, 0.2) is 16.6 Å². The summed E-state index contributed by atoms with van der Waals surface area (Å²) in [5.74, 6) is 1.18. The minimum Gasteiger partial charge on any atom is -0.485 e. The number of anilines is 1. The summed E-state index contributed by atoms with van der Waals surface area (Å²) in [5.41, 5.74) is 2.20. The molecule has 0 bridgehead atoms. The van der Waals surface area contributed by atoms with E-state index in [1.165, 1.54) is 10.5 Å². The number of para-hydroxylation sites is 2. The number of thiazole rings is 1. The third-order valence-electron chi connectivity index (χ3n) is 5.19. The van der Waals surface area contributed by atoms with E-state index < -0.39 is 6.10 Å². The smallest absolute Gasteiger partial charge is 0.273 e. The summed E-state index contributed by atoms with van der Waals surface area (Å²) in [5, 5.41) is 0.722. The molecule has 1 aromatic heterocycles. The second-order valence-corrected chi connectivity index (χ2v) is 8.83. The lowest BCUT2D eigenvalue weighted by Crippen LogP contribution is -3.05. The first-order valence-corrected chi connectivity index (χ1v) is 11.2. The minimum atomic E-state index is -0.676. The van der Waals surface area contributed by atoms with Gasteiger partial charge in [-0.1, -0.05) is 36.5 Å². The molecule has 1 aliphatic heterocycles. The van der Waals surface area contributed by atoms with Crippen molar-refractivity contribution in [1.82, 2.24) is 4.98 Å². The van der Waals surface area contributed by atoms with E-state index in [9.17, 15) is 4.79 Å². The van der Waals surface area contributed by atoms with Crippen LogP contribution in [-0.2, 0) is 11.2 Å². The molecule has 0 fully saturated rings. The first-order valence-electron chi connectivity index (χ1n) is 10.4. The first kappa shape index (κ1) is 20.6. The van der Waals surface area contributed by atoms with Gasteiger partial charge in [0.05, 0.1) is 30.9 Å². The zero-order valence-corrected chi connectivity index (χ0v) is 18.5. The Labute approximate surface area is 181 Å². The predicted molar refractivity (Wildman–Crippen MR) is 120 cm³/mol. The summed E-state index contributed by atoms with van der Waals surface area (Å²) < 4.78 is 12.9. The topological polar surface area (TPSA) is 56.1 Å². The monoisotopic (exact) mass is 426 g/mol. The number of aryl methyl sites for hydroxylation is 1. The Hall–Kier alpha value is -2.64. The fourth-order valence-corrected chi connectivity index (χ4v) is 4.56. The van der Waals surface area contributed by atoms with Gasteiger partial charge in [-0.05, 0) is 36.2 Å². The summed E-state index contributed by atoms with van der Waals surface area (Å²) >= 11 is 1.56. The van der Waals surface area contributed by atoms with E-state index in [1.807, 2.05) is 30.3 Å². The number of nitrogens with one attached hydrogen (secondary N) is 1. The van der Waals surface area contributed by atoms with Crippen LogP contribution >= 0.6 is 11.3 Å². The minimum absolute atomic E-state index is 0.104. The Morgan fingerprint density at radius 3 is 2.80 bits per heavy atom. The fourth-order valence-electron chi connectivity index (χ4n) is 3.50. The number of hydrogen-bond acceptors (Lipinski definition) is 5. The average Bonchev–Trinajstić information content (AvgIpc) is 3.18. The maximum Gasteiger partial charge on any atom is 0.273 e. The van der Waals surface area contributed by atoms with Gasteiger partial charge in [-0.2, -0.15) is 0 Å². The molecule has 2 heterocycles. The molecular weight excluding hydrogens is 398 g/mol. The van der Waals surface area contributed by atoms with Crippen LogP contribution in [0.4, 0.5) is 5.13 Å². The van der Waals surface area contributed by atoms with E-state index in [2.05, 4.69) is 33.2 Å². The van der Waals surface area contributed by atoms with E-state index in [0.29, 0.717) is 18.0 Å². The molecule has 0 saturated heterocycles. The van der Waals surface area contributed by atoms with E-state index in [0.717, 1.165) is 34.7 Å². The van der Waals surface area contributed by atoms with Gasteiger partial charge in [0.1, 0.15) is 6.61 Å². The summed E-state index contributed by atoms with van der Waals surface area (Å²) in [6.07, 6.45) is 1.18. The molecular formula is C23H28N3O3S+. The molecule has 1 aliphatic rings. The van der Waals surface area contributed by atoms with E-state index in [-0.39, 0.29) is 12.5 Å². The highest BCUT2D eigenvalue weighted by molar-refractivity contribution is 7.22. The van der Waals surface area contributed by atoms with Crippen LogP contribution < -0.4 is 19.3 Å². The van der Waals surface area contributed by atoms with Gasteiger partial charge in [0.25, 0.3) is 5.91 Å². The lowest BCUT2D eigenvalue weighted by molar-refractivity contribution is -0.858. The first-order chi connectivity index (χ1) is 14.5. The van der Waals surface area contributed by atoms with Crippen LogP contribution in [0.2, 0.25) is 0 Å². The highest BCUT2D eigenvalue weighted by Gasteiger charge is 2.33. The standard InChI is InChI=1S/C23H27N3O3S/c1-4-16-10-11-17-21(14-16)30-23(24-17)26(13-7-12-25(2)3)22(27)20-15-28-18-8-5-6-9-19(18)29-20/h5-6,8-11,14,20H,4,7,12-13,15H2,1-3H3/p+1/t20-/m0/s1. The number of nitrogens with zero attached hydrogens (tertiary/aromatic N) is 2.